The number of nitrogens with zero attached hydrogens (tertiary/aromatic N) is 3. The van der Waals surface area contributed by atoms with Crippen LogP contribution in [0.2, 0.25) is 0 Å². The van der Waals surface area contributed by atoms with Gasteiger partial charge in [0, 0.05) is 12.0 Å². The molecular weight excluding hydrogens is 394 g/mol. The maximum atomic E-state index is 12.5. The van der Waals surface area contributed by atoms with Gasteiger partial charge in [0.05, 0.1) is 18.0 Å². The van der Waals surface area contributed by atoms with Gasteiger partial charge in [0.15, 0.2) is 11.0 Å². The number of ether oxygens (including phenoxy) is 1. The highest BCUT2D eigenvalue weighted by Gasteiger charge is 2.27. The molecule has 0 N–H and O–H groups in total. The SMILES string of the molecule is COc1ccc(-c2nnc(S[C@@H]3CCCCC3=O)n2-c2ccccc2C(C)C)cc1. The lowest BCUT2D eigenvalue weighted by Gasteiger charge is -2.21. The largest absolute Gasteiger partial charge is 0.497 e. The predicted octanol–water partition coefficient (Wildman–Crippen LogP) is 5.67. The summed E-state index contributed by atoms with van der Waals surface area (Å²) >= 11 is 1.55. The van der Waals surface area contributed by atoms with Crippen LogP contribution < -0.4 is 4.74 Å². The highest BCUT2D eigenvalue weighted by Crippen LogP contribution is 2.36. The van der Waals surface area contributed by atoms with Gasteiger partial charge in [-0.2, -0.15) is 0 Å². The van der Waals surface area contributed by atoms with Crippen molar-refractivity contribution in [1.29, 1.82) is 0 Å². The summed E-state index contributed by atoms with van der Waals surface area (Å²) in [7, 11) is 1.66. The minimum Gasteiger partial charge on any atom is -0.497 e. The van der Waals surface area contributed by atoms with Crippen LogP contribution in [0.3, 0.4) is 0 Å². The number of aromatic nitrogens is 3. The van der Waals surface area contributed by atoms with Gasteiger partial charge in [-0.1, -0.05) is 50.2 Å². The van der Waals surface area contributed by atoms with Crippen LogP contribution >= 0.6 is 11.8 Å². The first-order chi connectivity index (χ1) is 14.6. The maximum Gasteiger partial charge on any atom is 0.196 e. The molecule has 1 aromatic heterocycles. The average Bonchev–Trinajstić information content (AvgIpc) is 3.18. The average molecular weight is 422 g/mol. The third-order valence-corrected chi connectivity index (χ3v) is 6.79. The van der Waals surface area contributed by atoms with Crippen molar-refractivity contribution in [2.24, 2.45) is 0 Å². The summed E-state index contributed by atoms with van der Waals surface area (Å²) in [4.78, 5) is 12.5. The summed E-state index contributed by atoms with van der Waals surface area (Å²) in [6, 6.07) is 16.2. The van der Waals surface area contributed by atoms with Crippen LogP contribution in [0.15, 0.2) is 53.7 Å². The monoisotopic (exact) mass is 421 g/mol. The van der Waals surface area contributed by atoms with Gasteiger partial charge < -0.3 is 4.74 Å². The Kier molecular flexibility index (Phi) is 6.23. The predicted molar refractivity (Wildman–Crippen MR) is 121 cm³/mol. The van der Waals surface area contributed by atoms with Crippen molar-refractivity contribution in [3.8, 4) is 22.8 Å². The Morgan fingerprint density at radius 3 is 2.53 bits per heavy atom. The molecule has 156 valence electrons. The highest BCUT2D eigenvalue weighted by atomic mass is 32.2. The van der Waals surface area contributed by atoms with Crippen LogP contribution in [0.4, 0.5) is 0 Å². The van der Waals surface area contributed by atoms with Crippen LogP contribution in [-0.2, 0) is 4.79 Å². The Balaban J connectivity index is 1.83. The van der Waals surface area contributed by atoms with E-state index in [-0.39, 0.29) is 5.25 Å². The number of carbonyl (C=O) groups is 1. The smallest absolute Gasteiger partial charge is 0.196 e. The third kappa shape index (κ3) is 4.15. The van der Waals surface area contributed by atoms with Crippen LogP contribution in [0.25, 0.3) is 17.1 Å². The van der Waals surface area contributed by atoms with Crippen molar-refractivity contribution in [2.45, 2.75) is 55.9 Å². The summed E-state index contributed by atoms with van der Waals surface area (Å²) in [6.45, 7) is 4.38. The number of thioether (sulfide) groups is 1. The van der Waals surface area contributed by atoms with Gasteiger partial charge in [0.2, 0.25) is 0 Å². The molecule has 0 aliphatic heterocycles. The van der Waals surface area contributed by atoms with Gasteiger partial charge in [-0.3, -0.25) is 9.36 Å². The zero-order chi connectivity index (χ0) is 21.1. The van der Waals surface area contributed by atoms with Gasteiger partial charge in [-0.05, 0) is 54.7 Å². The number of para-hydroxylation sites is 1. The minimum atomic E-state index is -0.0448. The topological polar surface area (TPSA) is 57.0 Å². The molecule has 4 rings (SSSR count). The fraction of sp³-hybridized carbons (Fsp3) is 0.375. The van der Waals surface area contributed by atoms with Crippen LogP contribution in [0.5, 0.6) is 5.75 Å². The molecule has 0 unspecified atom stereocenters. The molecule has 0 radical (unpaired) electrons. The molecule has 0 amide bonds. The second-order valence-electron chi connectivity index (χ2n) is 7.90. The summed E-state index contributed by atoms with van der Waals surface area (Å²) in [5.41, 5.74) is 3.25. The third-order valence-electron chi connectivity index (χ3n) is 5.53. The Bertz CT molecular complexity index is 1030. The zero-order valence-corrected chi connectivity index (χ0v) is 18.5. The summed E-state index contributed by atoms with van der Waals surface area (Å²) in [5.74, 6) is 2.25. The van der Waals surface area contributed by atoms with E-state index in [1.807, 2.05) is 30.3 Å². The molecule has 1 saturated carbocycles. The molecule has 1 fully saturated rings. The number of Topliss-reactive ketones (excluding diaryl/α,β-unsaturated/α-hetero) is 1. The normalized spacial score (nSPS) is 16.8. The maximum absolute atomic E-state index is 12.5. The lowest BCUT2D eigenvalue weighted by molar-refractivity contribution is -0.119. The number of ketones is 1. The number of carbonyl (C=O) groups excluding carboxylic acids is 1. The van der Waals surface area contributed by atoms with Gasteiger partial charge >= 0.3 is 0 Å². The molecule has 0 saturated heterocycles. The molecule has 1 aliphatic rings. The van der Waals surface area contributed by atoms with Gasteiger partial charge in [-0.15, -0.1) is 10.2 Å². The van der Waals surface area contributed by atoms with Crippen LogP contribution in [0, 0.1) is 0 Å². The van der Waals surface area contributed by atoms with E-state index in [4.69, 9.17) is 4.74 Å². The van der Waals surface area contributed by atoms with Crippen molar-refractivity contribution in [2.75, 3.05) is 7.11 Å². The second kappa shape index (κ2) is 9.04. The fourth-order valence-corrected chi connectivity index (χ4v) is 5.04. The van der Waals surface area contributed by atoms with E-state index < -0.39 is 0 Å². The first kappa shape index (κ1) is 20.7. The van der Waals surface area contributed by atoms with E-state index in [1.54, 1.807) is 18.9 Å². The Labute approximate surface area is 181 Å². The fourth-order valence-electron chi connectivity index (χ4n) is 3.87. The standard InChI is InChI=1S/C24H27N3O2S/c1-16(2)19-8-4-5-9-20(19)27-23(17-12-14-18(29-3)15-13-17)25-26-24(27)30-22-11-7-6-10-21(22)28/h4-5,8-9,12-16,22H,6-7,10-11H2,1-3H3/t22-/m1/s1. The quantitative estimate of drug-likeness (QED) is 0.513. The van der Waals surface area contributed by atoms with Crippen molar-refractivity contribution >= 4 is 17.5 Å². The molecule has 0 spiro atoms. The molecule has 3 aromatic rings. The first-order valence-corrected chi connectivity index (χ1v) is 11.3. The molecule has 0 bridgehead atoms. The van der Waals surface area contributed by atoms with E-state index in [1.165, 1.54) is 5.56 Å². The van der Waals surface area contributed by atoms with Gasteiger partial charge in [-0.25, -0.2) is 0 Å². The first-order valence-electron chi connectivity index (χ1n) is 10.5. The lowest BCUT2D eigenvalue weighted by Crippen LogP contribution is -2.22. The summed E-state index contributed by atoms with van der Waals surface area (Å²) in [5, 5.41) is 9.81. The van der Waals surface area contributed by atoms with E-state index in [0.29, 0.717) is 18.1 Å². The van der Waals surface area contributed by atoms with Crippen molar-refractivity contribution < 1.29 is 9.53 Å². The molecular formula is C24H27N3O2S. The van der Waals surface area contributed by atoms with Crippen molar-refractivity contribution in [3.05, 3.63) is 54.1 Å². The van der Waals surface area contributed by atoms with Gasteiger partial charge in [0.1, 0.15) is 11.5 Å². The number of rotatable bonds is 6. The van der Waals surface area contributed by atoms with E-state index >= 15 is 0 Å². The van der Waals surface area contributed by atoms with Crippen LogP contribution in [-0.4, -0.2) is 32.9 Å². The molecule has 5 nitrogen and oxygen atoms in total. The van der Waals surface area contributed by atoms with Crippen molar-refractivity contribution in [1.82, 2.24) is 14.8 Å². The second-order valence-corrected chi connectivity index (χ2v) is 9.07. The molecule has 1 aliphatic carbocycles. The zero-order valence-electron chi connectivity index (χ0n) is 17.7. The number of benzene rings is 2. The Morgan fingerprint density at radius 1 is 1.07 bits per heavy atom. The van der Waals surface area contributed by atoms with Crippen LogP contribution in [0.1, 0.15) is 51.0 Å². The molecule has 1 heterocycles. The van der Waals surface area contributed by atoms with E-state index in [9.17, 15) is 4.79 Å². The van der Waals surface area contributed by atoms with Gasteiger partial charge in [0.25, 0.3) is 0 Å². The van der Waals surface area contributed by atoms with Crippen molar-refractivity contribution in [3.63, 3.8) is 0 Å². The molecule has 1 atom stereocenters. The Morgan fingerprint density at radius 2 is 1.83 bits per heavy atom. The minimum absolute atomic E-state index is 0.0448. The summed E-state index contributed by atoms with van der Waals surface area (Å²) in [6.07, 6.45) is 3.65. The molecule has 2 aromatic carbocycles. The Hall–Kier alpha value is -2.60. The van der Waals surface area contributed by atoms with E-state index in [2.05, 4.69) is 46.8 Å². The molecule has 30 heavy (non-hydrogen) atoms. The number of hydrogen-bond donors (Lipinski definition) is 0. The summed E-state index contributed by atoms with van der Waals surface area (Å²) < 4.78 is 7.42. The number of hydrogen-bond acceptors (Lipinski definition) is 5. The highest BCUT2D eigenvalue weighted by molar-refractivity contribution is 8.00. The van der Waals surface area contributed by atoms with E-state index in [0.717, 1.165) is 47.2 Å². The lowest BCUT2D eigenvalue weighted by atomic mass is 9.99. The molecule has 6 heteroatoms. The number of methoxy groups -OCH3 is 1.